The van der Waals surface area contributed by atoms with Crippen LogP contribution in [0.3, 0.4) is 0 Å². The molecule has 30 heavy (non-hydrogen) atoms. The van der Waals surface area contributed by atoms with Gasteiger partial charge in [0.25, 0.3) is 0 Å². The first-order valence-corrected chi connectivity index (χ1v) is 11.8. The molecule has 2 aromatic rings. The van der Waals surface area contributed by atoms with Crippen LogP contribution < -0.4 is 5.32 Å². The average Bonchev–Trinajstić information content (AvgIpc) is 2.73. The van der Waals surface area contributed by atoms with Gasteiger partial charge in [0.15, 0.2) is 0 Å². The molecule has 1 saturated heterocycles. The number of hydrogen-bond acceptors (Lipinski definition) is 4. The van der Waals surface area contributed by atoms with Crippen molar-refractivity contribution in [2.24, 2.45) is 0 Å². The van der Waals surface area contributed by atoms with Gasteiger partial charge in [0, 0.05) is 31.9 Å². The minimum atomic E-state index is -3.54. The highest BCUT2D eigenvalue weighted by atomic mass is 32.2. The van der Waals surface area contributed by atoms with Crippen LogP contribution >= 0.6 is 0 Å². The van der Waals surface area contributed by atoms with Crippen LogP contribution in [0, 0.1) is 5.82 Å². The molecule has 1 aliphatic carbocycles. The second kappa shape index (κ2) is 8.83. The van der Waals surface area contributed by atoms with Gasteiger partial charge in [-0.2, -0.15) is 4.31 Å². The van der Waals surface area contributed by atoms with Crippen molar-refractivity contribution in [2.45, 2.75) is 30.6 Å². The van der Waals surface area contributed by atoms with Gasteiger partial charge in [-0.25, -0.2) is 12.8 Å². The molecule has 0 radical (unpaired) electrons. The zero-order chi connectivity index (χ0) is 21.1. The maximum Gasteiger partial charge on any atom is 0.243 e. The lowest BCUT2D eigenvalue weighted by Crippen LogP contribution is -2.50. The van der Waals surface area contributed by atoms with E-state index in [1.165, 1.54) is 28.1 Å². The fourth-order valence-electron chi connectivity index (χ4n) is 4.12. The Labute approximate surface area is 176 Å². The molecule has 2 aliphatic rings. The summed E-state index contributed by atoms with van der Waals surface area (Å²) in [6, 6.07) is 11.3. The van der Waals surface area contributed by atoms with Crippen molar-refractivity contribution in [1.82, 2.24) is 9.21 Å². The van der Waals surface area contributed by atoms with E-state index in [1.807, 2.05) is 17.0 Å². The number of sulfonamides is 1. The number of fused-ring (bicyclic) bond motifs is 1. The Kier molecular flexibility index (Phi) is 6.17. The number of halogens is 1. The number of piperazine rings is 1. The van der Waals surface area contributed by atoms with Crippen molar-refractivity contribution >= 4 is 21.6 Å². The molecule has 8 heteroatoms. The number of anilines is 1. The molecule has 1 amide bonds. The largest absolute Gasteiger partial charge is 0.325 e. The van der Waals surface area contributed by atoms with Gasteiger partial charge >= 0.3 is 0 Å². The van der Waals surface area contributed by atoms with Gasteiger partial charge < -0.3 is 5.32 Å². The van der Waals surface area contributed by atoms with Crippen molar-refractivity contribution in [3.05, 3.63) is 59.4 Å². The van der Waals surface area contributed by atoms with Crippen LogP contribution in [0.5, 0.6) is 0 Å². The Bertz CT molecular complexity index is 1030. The molecule has 0 aromatic heterocycles. The molecule has 1 fully saturated rings. The summed E-state index contributed by atoms with van der Waals surface area (Å²) in [7, 11) is -3.54. The predicted octanol–water partition coefficient (Wildman–Crippen LogP) is 2.65. The number of carbonyl (C=O) groups is 1. The first-order chi connectivity index (χ1) is 14.4. The average molecular weight is 432 g/mol. The summed E-state index contributed by atoms with van der Waals surface area (Å²) >= 11 is 0. The van der Waals surface area contributed by atoms with Crippen molar-refractivity contribution in [3.63, 3.8) is 0 Å². The minimum absolute atomic E-state index is 0.142. The number of benzene rings is 2. The second-order valence-electron chi connectivity index (χ2n) is 7.88. The van der Waals surface area contributed by atoms with Gasteiger partial charge in [-0.05, 0) is 67.1 Å². The summed E-state index contributed by atoms with van der Waals surface area (Å²) in [5.74, 6) is -0.652. The minimum Gasteiger partial charge on any atom is -0.325 e. The molecule has 1 heterocycles. The molecule has 0 spiro atoms. The first-order valence-electron chi connectivity index (χ1n) is 10.3. The van der Waals surface area contributed by atoms with Gasteiger partial charge in [0.1, 0.15) is 5.82 Å². The standard InChI is InChI=1S/C22H26FN3O3S/c23-19-6-3-7-20(15-19)24-22(27)16-25-10-12-26(13-11-25)30(28,29)21-9-8-17-4-1-2-5-18(17)14-21/h3,6-9,14-15H,1-2,4-5,10-13,16H2,(H,24,27). The smallest absolute Gasteiger partial charge is 0.243 e. The molecule has 1 aliphatic heterocycles. The van der Waals surface area contributed by atoms with Gasteiger partial charge in [0.2, 0.25) is 15.9 Å². The first kappa shape index (κ1) is 21.0. The summed E-state index contributed by atoms with van der Waals surface area (Å²) < 4.78 is 40.9. The van der Waals surface area contributed by atoms with E-state index in [1.54, 1.807) is 12.1 Å². The number of carbonyl (C=O) groups excluding carboxylic acids is 1. The van der Waals surface area contributed by atoms with E-state index in [0.29, 0.717) is 36.8 Å². The number of nitrogens with one attached hydrogen (secondary N) is 1. The lowest BCUT2D eigenvalue weighted by Gasteiger charge is -2.33. The van der Waals surface area contributed by atoms with E-state index >= 15 is 0 Å². The van der Waals surface area contributed by atoms with Crippen molar-refractivity contribution in [1.29, 1.82) is 0 Å². The Morgan fingerprint density at radius 2 is 1.70 bits per heavy atom. The van der Waals surface area contributed by atoms with Crippen LogP contribution in [-0.4, -0.2) is 56.3 Å². The highest BCUT2D eigenvalue weighted by Crippen LogP contribution is 2.26. The lowest BCUT2D eigenvalue weighted by atomic mass is 9.92. The molecule has 6 nitrogen and oxygen atoms in total. The van der Waals surface area contributed by atoms with Crippen LogP contribution in [-0.2, 0) is 27.7 Å². The number of rotatable bonds is 5. The van der Waals surface area contributed by atoms with Crippen molar-refractivity contribution < 1.29 is 17.6 Å². The predicted molar refractivity (Wildman–Crippen MR) is 113 cm³/mol. The summed E-state index contributed by atoms with van der Waals surface area (Å²) in [6.45, 7) is 1.77. The zero-order valence-corrected chi connectivity index (χ0v) is 17.6. The molecular formula is C22H26FN3O3S. The molecule has 2 aromatic carbocycles. The summed E-state index contributed by atoms with van der Waals surface area (Å²) in [4.78, 5) is 14.5. The lowest BCUT2D eigenvalue weighted by molar-refractivity contribution is -0.117. The number of aryl methyl sites for hydroxylation is 2. The normalized spacial score (nSPS) is 18.0. The second-order valence-corrected chi connectivity index (χ2v) is 9.81. The molecule has 4 rings (SSSR count). The van der Waals surface area contributed by atoms with E-state index in [4.69, 9.17) is 0 Å². The Morgan fingerprint density at radius 1 is 0.967 bits per heavy atom. The van der Waals surface area contributed by atoms with Gasteiger partial charge in [-0.3, -0.25) is 9.69 Å². The zero-order valence-electron chi connectivity index (χ0n) is 16.8. The highest BCUT2D eigenvalue weighted by Gasteiger charge is 2.29. The third kappa shape index (κ3) is 4.71. The molecule has 160 valence electrons. The van der Waals surface area contributed by atoms with Crippen LogP contribution in [0.1, 0.15) is 24.0 Å². The van der Waals surface area contributed by atoms with E-state index in [0.717, 1.165) is 31.2 Å². The molecule has 0 unspecified atom stereocenters. The fourth-order valence-corrected chi connectivity index (χ4v) is 5.59. The topological polar surface area (TPSA) is 69.7 Å². The Morgan fingerprint density at radius 3 is 2.43 bits per heavy atom. The fraction of sp³-hybridized carbons (Fsp3) is 0.409. The molecular weight excluding hydrogens is 405 g/mol. The number of amides is 1. The summed E-state index contributed by atoms with van der Waals surface area (Å²) in [5.41, 5.74) is 2.82. The maximum atomic E-state index is 13.2. The molecule has 0 atom stereocenters. The monoisotopic (exact) mass is 431 g/mol. The van der Waals surface area contributed by atoms with Crippen LogP contribution in [0.15, 0.2) is 47.4 Å². The highest BCUT2D eigenvalue weighted by molar-refractivity contribution is 7.89. The van der Waals surface area contributed by atoms with Crippen LogP contribution in [0.25, 0.3) is 0 Å². The third-order valence-corrected chi connectivity index (χ3v) is 7.66. The van der Waals surface area contributed by atoms with Crippen LogP contribution in [0.2, 0.25) is 0 Å². The van der Waals surface area contributed by atoms with Gasteiger partial charge in [-0.15, -0.1) is 0 Å². The van der Waals surface area contributed by atoms with Crippen molar-refractivity contribution in [2.75, 3.05) is 38.0 Å². The third-order valence-electron chi connectivity index (χ3n) is 5.76. The Balaban J connectivity index is 1.34. The quantitative estimate of drug-likeness (QED) is 0.790. The summed E-state index contributed by atoms with van der Waals surface area (Å²) in [6.07, 6.45) is 4.22. The van der Waals surface area contributed by atoms with E-state index < -0.39 is 15.8 Å². The number of hydrogen-bond donors (Lipinski definition) is 1. The maximum absolute atomic E-state index is 13.2. The van der Waals surface area contributed by atoms with E-state index in [2.05, 4.69) is 5.32 Å². The SMILES string of the molecule is O=C(CN1CCN(S(=O)(=O)c2ccc3c(c2)CCCC3)CC1)Nc1cccc(F)c1. The van der Waals surface area contributed by atoms with Crippen molar-refractivity contribution in [3.8, 4) is 0 Å². The molecule has 0 bridgehead atoms. The van der Waals surface area contributed by atoms with Gasteiger partial charge in [0.05, 0.1) is 11.4 Å². The molecule has 1 N–H and O–H groups in total. The van der Waals surface area contributed by atoms with E-state index in [9.17, 15) is 17.6 Å². The van der Waals surface area contributed by atoms with Crippen LogP contribution in [0.4, 0.5) is 10.1 Å². The van der Waals surface area contributed by atoms with E-state index in [-0.39, 0.29) is 12.5 Å². The van der Waals surface area contributed by atoms with Gasteiger partial charge in [-0.1, -0.05) is 12.1 Å². The summed E-state index contributed by atoms with van der Waals surface area (Å²) in [5, 5.41) is 2.67. The molecule has 0 saturated carbocycles. The number of nitrogens with zero attached hydrogens (tertiary/aromatic N) is 2. The Hall–Kier alpha value is -2.29.